The Balaban J connectivity index is 1.55. The molecule has 0 amide bonds. The van der Waals surface area contributed by atoms with Gasteiger partial charge in [0.2, 0.25) is 10.0 Å². The molecule has 1 saturated heterocycles. The zero-order chi connectivity index (χ0) is 22.1. The highest BCUT2D eigenvalue weighted by Crippen LogP contribution is 2.21. The molecule has 0 aromatic heterocycles. The number of nitrogens with one attached hydrogen (secondary N) is 2. The van der Waals surface area contributed by atoms with Gasteiger partial charge in [0.1, 0.15) is 5.75 Å². The molecule has 0 unspecified atom stereocenters. The van der Waals surface area contributed by atoms with E-state index in [2.05, 4.69) is 15.6 Å². The molecule has 0 radical (unpaired) electrons. The normalized spacial score (nSPS) is 15.5. The summed E-state index contributed by atoms with van der Waals surface area (Å²) < 4.78 is 32.8. The minimum absolute atomic E-state index is 0.354. The summed E-state index contributed by atoms with van der Waals surface area (Å²) in [5.74, 6) is 1.54. The van der Waals surface area contributed by atoms with Gasteiger partial charge in [-0.1, -0.05) is 36.8 Å². The van der Waals surface area contributed by atoms with Crippen LogP contribution in [0.4, 0.5) is 0 Å². The third-order valence-corrected chi connectivity index (χ3v) is 7.31. The minimum Gasteiger partial charge on any atom is -0.496 e. The van der Waals surface area contributed by atoms with E-state index < -0.39 is 10.0 Å². The van der Waals surface area contributed by atoms with Crippen LogP contribution in [0, 0.1) is 0 Å². The number of benzene rings is 2. The van der Waals surface area contributed by atoms with Crippen molar-refractivity contribution in [3.05, 3.63) is 59.7 Å². The number of sulfonamides is 1. The van der Waals surface area contributed by atoms with E-state index in [9.17, 15) is 8.42 Å². The van der Waals surface area contributed by atoms with Crippen molar-refractivity contribution in [3.63, 3.8) is 0 Å². The number of piperidine rings is 1. The van der Waals surface area contributed by atoms with Crippen LogP contribution in [0.15, 0.2) is 58.4 Å². The predicted molar refractivity (Wildman–Crippen MR) is 124 cm³/mol. The fourth-order valence-corrected chi connectivity index (χ4v) is 5.29. The second kappa shape index (κ2) is 11.2. The van der Waals surface area contributed by atoms with E-state index >= 15 is 0 Å². The Morgan fingerprint density at radius 2 is 1.84 bits per heavy atom. The van der Waals surface area contributed by atoms with Crippen LogP contribution in [0.5, 0.6) is 5.75 Å². The number of aliphatic imine (C=N–C) groups is 1. The van der Waals surface area contributed by atoms with E-state index in [1.807, 2.05) is 30.3 Å². The summed E-state index contributed by atoms with van der Waals surface area (Å²) in [4.78, 5) is 4.61. The highest BCUT2D eigenvalue weighted by Gasteiger charge is 2.25. The molecule has 0 atom stereocenters. The van der Waals surface area contributed by atoms with Crippen LogP contribution in [0.1, 0.15) is 30.4 Å². The average molecular weight is 445 g/mol. The lowest BCUT2D eigenvalue weighted by atomic mass is 10.1. The van der Waals surface area contributed by atoms with Gasteiger partial charge in [0.15, 0.2) is 5.96 Å². The molecule has 1 fully saturated rings. The molecule has 31 heavy (non-hydrogen) atoms. The van der Waals surface area contributed by atoms with Crippen molar-refractivity contribution < 1.29 is 13.2 Å². The summed E-state index contributed by atoms with van der Waals surface area (Å²) in [6.07, 6.45) is 3.75. The molecular formula is C23H32N4O3S. The molecule has 0 saturated carbocycles. The number of rotatable bonds is 8. The van der Waals surface area contributed by atoms with Crippen molar-refractivity contribution in [2.45, 2.75) is 37.1 Å². The molecule has 2 N–H and O–H groups in total. The highest BCUT2D eigenvalue weighted by molar-refractivity contribution is 7.89. The summed E-state index contributed by atoms with van der Waals surface area (Å²) in [6.45, 7) is 2.39. The van der Waals surface area contributed by atoms with Gasteiger partial charge in [0.05, 0.1) is 12.0 Å². The number of hydrogen-bond acceptors (Lipinski definition) is 4. The lowest BCUT2D eigenvalue weighted by Crippen LogP contribution is -2.38. The van der Waals surface area contributed by atoms with Gasteiger partial charge in [-0.3, -0.25) is 4.99 Å². The summed E-state index contributed by atoms with van der Waals surface area (Å²) in [7, 11) is -0.0414. The molecule has 1 aliphatic heterocycles. The zero-order valence-electron chi connectivity index (χ0n) is 18.3. The van der Waals surface area contributed by atoms with Gasteiger partial charge in [-0.25, -0.2) is 8.42 Å². The Morgan fingerprint density at radius 3 is 2.58 bits per heavy atom. The quantitative estimate of drug-likeness (QED) is 0.483. The minimum atomic E-state index is -3.43. The Kier molecular flexibility index (Phi) is 8.31. The first kappa shape index (κ1) is 23.1. The number of para-hydroxylation sites is 1. The lowest BCUT2D eigenvalue weighted by Gasteiger charge is -2.26. The van der Waals surface area contributed by atoms with Gasteiger partial charge in [0, 0.05) is 33.2 Å². The van der Waals surface area contributed by atoms with Crippen molar-refractivity contribution in [3.8, 4) is 5.75 Å². The van der Waals surface area contributed by atoms with E-state index in [0.717, 1.165) is 42.6 Å². The molecule has 0 aliphatic carbocycles. The summed E-state index contributed by atoms with van der Waals surface area (Å²) in [5.41, 5.74) is 2.02. The first-order valence-corrected chi connectivity index (χ1v) is 12.1. The first-order valence-electron chi connectivity index (χ1n) is 10.7. The van der Waals surface area contributed by atoms with Gasteiger partial charge in [-0.05, 0) is 48.6 Å². The maximum Gasteiger partial charge on any atom is 0.243 e. The van der Waals surface area contributed by atoms with Gasteiger partial charge in [-0.2, -0.15) is 4.31 Å². The van der Waals surface area contributed by atoms with E-state index in [0.29, 0.717) is 37.0 Å². The smallest absolute Gasteiger partial charge is 0.243 e. The van der Waals surface area contributed by atoms with E-state index in [1.165, 1.54) is 0 Å². The van der Waals surface area contributed by atoms with E-state index in [4.69, 9.17) is 4.74 Å². The van der Waals surface area contributed by atoms with Crippen LogP contribution in [0.2, 0.25) is 0 Å². The molecule has 168 valence electrons. The first-order chi connectivity index (χ1) is 15.0. The fourth-order valence-electron chi connectivity index (χ4n) is 3.70. The fraction of sp³-hybridized carbons (Fsp3) is 0.435. The monoisotopic (exact) mass is 444 g/mol. The van der Waals surface area contributed by atoms with Crippen LogP contribution in [0.25, 0.3) is 0 Å². The third-order valence-electron chi connectivity index (χ3n) is 5.41. The maximum atomic E-state index is 12.9. The standard InChI is InChI=1S/C23H32N4O3S/c1-24-23(25-14-13-20-10-4-5-12-22(20)30-2)26-18-19-9-8-11-21(17-19)31(28,29)27-15-6-3-7-16-27/h4-5,8-12,17H,3,6-7,13-16,18H2,1-2H3,(H2,24,25,26). The van der Waals surface area contributed by atoms with Gasteiger partial charge in [0.25, 0.3) is 0 Å². The topological polar surface area (TPSA) is 83.0 Å². The molecule has 0 bridgehead atoms. The second-order valence-corrected chi connectivity index (χ2v) is 9.46. The van der Waals surface area contributed by atoms with Crippen LogP contribution >= 0.6 is 0 Å². The molecule has 7 nitrogen and oxygen atoms in total. The largest absolute Gasteiger partial charge is 0.496 e. The second-order valence-electron chi connectivity index (χ2n) is 7.53. The van der Waals surface area contributed by atoms with Crippen LogP contribution in [-0.4, -0.2) is 52.5 Å². The maximum absolute atomic E-state index is 12.9. The average Bonchev–Trinajstić information content (AvgIpc) is 2.82. The summed E-state index contributed by atoms with van der Waals surface area (Å²) >= 11 is 0. The Bertz CT molecular complexity index is 986. The molecule has 1 heterocycles. The van der Waals surface area contributed by atoms with Crippen molar-refractivity contribution in [2.24, 2.45) is 4.99 Å². The molecule has 1 aliphatic rings. The number of methoxy groups -OCH3 is 1. The van der Waals surface area contributed by atoms with Crippen molar-refractivity contribution in [1.82, 2.24) is 14.9 Å². The number of ether oxygens (including phenoxy) is 1. The van der Waals surface area contributed by atoms with Gasteiger partial charge < -0.3 is 15.4 Å². The van der Waals surface area contributed by atoms with Crippen LogP contribution in [0.3, 0.4) is 0 Å². The molecule has 3 rings (SSSR count). The number of hydrogen-bond donors (Lipinski definition) is 2. The lowest BCUT2D eigenvalue weighted by molar-refractivity contribution is 0.346. The van der Waals surface area contributed by atoms with Crippen LogP contribution < -0.4 is 15.4 Å². The molecule has 0 spiro atoms. The third kappa shape index (κ3) is 6.21. The van der Waals surface area contributed by atoms with E-state index in [-0.39, 0.29) is 0 Å². The van der Waals surface area contributed by atoms with Crippen LogP contribution in [-0.2, 0) is 23.0 Å². The molecule has 2 aromatic carbocycles. The molecule has 8 heteroatoms. The number of nitrogens with zero attached hydrogens (tertiary/aromatic N) is 2. The molecule has 2 aromatic rings. The van der Waals surface area contributed by atoms with Crippen molar-refractivity contribution >= 4 is 16.0 Å². The van der Waals surface area contributed by atoms with Gasteiger partial charge in [-0.15, -0.1) is 0 Å². The van der Waals surface area contributed by atoms with Gasteiger partial charge >= 0.3 is 0 Å². The Morgan fingerprint density at radius 1 is 1.06 bits per heavy atom. The zero-order valence-corrected chi connectivity index (χ0v) is 19.1. The summed E-state index contributed by atoms with van der Waals surface area (Å²) in [6, 6.07) is 15.1. The Labute approximate surface area is 185 Å². The van der Waals surface area contributed by atoms with Crippen molar-refractivity contribution in [2.75, 3.05) is 33.8 Å². The summed E-state index contributed by atoms with van der Waals surface area (Å²) in [5, 5.41) is 6.55. The molecular weight excluding hydrogens is 412 g/mol. The Hall–Kier alpha value is -2.58. The predicted octanol–water partition coefficient (Wildman–Crippen LogP) is 2.78. The van der Waals surface area contributed by atoms with Crippen molar-refractivity contribution in [1.29, 1.82) is 0 Å². The number of guanidine groups is 1. The van der Waals surface area contributed by atoms with E-state index in [1.54, 1.807) is 36.7 Å². The SMILES string of the molecule is CN=C(NCCc1ccccc1OC)NCc1cccc(S(=O)(=O)N2CCCCC2)c1. The highest BCUT2D eigenvalue weighted by atomic mass is 32.2.